The number of aryl methyl sites for hydroxylation is 1. The molecule has 0 unspecified atom stereocenters. The maximum Gasteiger partial charge on any atom is 0.192 e. The average molecular weight is 230 g/mol. The SMILES string of the molecule is Cc1nc2cc(Br)cc(F)c2o1. The lowest BCUT2D eigenvalue weighted by Crippen LogP contribution is -1.75. The van der Waals surface area contributed by atoms with Gasteiger partial charge in [0.25, 0.3) is 0 Å². The molecule has 0 radical (unpaired) electrons. The number of oxazole rings is 1. The third-order valence-electron chi connectivity index (χ3n) is 1.52. The standard InChI is InChI=1S/C8H5BrFNO/c1-4-11-7-3-5(9)2-6(10)8(7)12-4/h2-3H,1H3. The van der Waals surface area contributed by atoms with E-state index in [1.54, 1.807) is 13.0 Å². The molecule has 1 aromatic heterocycles. The van der Waals surface area contributed by atoms with E-state index in [2.05, 4.69) is 20.9 Å². The van der Waals surface area contributed by atoms with Crippen molar-refractivity contribution in [2.45, 2.75) is 6.92 Å². The molecule has 0 fully saturated rings. The van der Waals surface area contributed by atoms with Crippen LogP contribution in [0.3, 0.4) is 0 Å². The van der Waals surface area contributed by atoms with Crippen molar-refractivity contribution >= 4 is 27.0 Å². The van der Waals surface area contributed by atoms with E-state index in [1.807, 2.05) is 0 Å². The van der Waals surface area contributed by atoms with Gasteiger partial charge in [0.1, 0.15) is 5.52 Å². The maximum atomic E-state index is 13.1. The Kier molecular flexibility index (Phi) is 1.65. The Balaban J connectivity index is 2.88. The van der Waals surface area contributed by atoms with Gasteiger partial charge in [0.05, 0.1) is 0 Å². The van der Waals surface area contributed by atoms with Crippen LogP contribution in [0.5, 0.6) is 0 Å². The molecule has 0 spiro atoms. The normalized spacial score (nSPS) is 10.9. The summed E-state index contributed by atoms with van der Waals surface area (Å²) in [4.78, 5) is 4.00. The van der Waals surface area contributed by atoms with Gasteiger partial charge in [0.15, 0.2) is 17.3 Å². The van der Waals surface area contributed by atoms with Crippen LogP contribution >= 0.6 is 15.9 Å². The third-order valence-corrected chi connectivity index (χ3v) is 1.97. The second-order valence-electron chi connectivity index (χ2n) is 2.47. The van der Waals surface area contributed by atoms with Gasteiger partial charge in [0, 0.05) is 11.4 Å². The highest BCUT2D eigenvalue weighted by molar-refractivity contribution is 9.10. The first kappa shape index (κ1) is 7.73. The molecule has 62 valence electrons. The van der Waals surface area contributed by atoms with Crippen molar-refractivity contribution in [1.82, 2.24) is 4.98 Å². The van der Waals surface area contributed by atoms with Crippen molar-refractivity contribution in [3.63, 3.8) is 0 Å². The summed E-state index contributed by atoms with van der Waals surface area (Å²) in [7, 11) is 0. The van der Waals surface area contributed by atoms with E-state index in [0.717, 1.165) is 0 Å². The molecule has 4 heteroatoms. The van der Waals surface area contributed by atoms with E-state index in [1.165, 1.54) is 6.07 Å². The van der Waals surface area contributed by atoms with E-state index < -0.39 is 0 Å². The Labute approximate surface area is 76.5 Å². The minimum Gasteiger partial charge on any atom is -0.438 e. The lowest BCUT2D eigenvalue weighted by atomic mass is 10.3. The number of aromatic nitrogens is 1. The maximum absolute atomic E-state index is 13.1. The molecule has 0 saturated carbocycles. The lowest BCUT2D eigenvalue weighted by molar-refractivity contribution is 0.528. The lowest BCUT2D eigenvalue weighted by Gasteiger charge is -1.90. The fourth-order valence-electron chi connectivity index (χ4n) is 1.07. The summed E-state index contributed by atoms with van der Waals surface area (Å²) in [6.07, 6.45) is 0. The molecule has 0 bridgehead atoms. The molecule has 0 atom stereocenters. The number of nitrogens with zero attached hydrogens (tertiary/aromatic N) is 1. The highest BCUT2D eigenvalue weighted by Crippen LogP contribution is 2.23. The second-order valence-corrected chi connectivity index (χ2v) is 3.38. The predicted molar refractivity (Wildman–Crippen MR) is 46.4 cm³/mol. The number of hydrogen-bond acceptors (Lipinski definition) is 2. The summed E-state index contributed by atoms with van der Waals surface area (Å²) in [6, 6.07) is 3.07. The van der Waals surface area contributed by atoms with Gasteiger partial charge >= 0.3 is 0 Å². The Morgan fingerprint density at radius 1 is 1.50 bits per heavy atom. The Hall–Kier alpha value is -0.900. The zero-order valence-electron chi connectivity index (χ0n) is 6.27. The fourth-order valence-corrected chi connectivity index (χ4v) is 1.49. The zero-order valence-corrected chi connectivity index (χ0v) is 7.85. The van der Waals surface area contributed by atoms with E-state index in [0.29, 0.717) is 15.9 Å². The number of fused-ring (bicyclic) bond motifs is 1. The molecular formula is C8H5BrFNO. The molecule has 0 aliphatic rings. The average Bonchev–Trinajstić information content (AvgIpc) is 2.29. The van der Waals surface area contributed by atoms with Crippen LogP contribution in [0.4, 0.5) is 4.39 Å². The number of rotatable bonds is 0. The van der Waals surface area contributed by atoms with Crippen LogP contribution in [-0.4, -0.2) is 4.98 Å². The minimum atomic E-state index is -0.389. The van der Waals surface area contributed by atoms with Crippen LogP contribution in [0.2, 0.25) is 0 Å². The molecule has 1 aromatic carbocycles. The Morgan fingerprint density at radius 2 is 2.25 bits per heavy atom. The summed E-state index contributed by atoms with van der Waals surface area (Å²) in [5.41, 5.74) is 0.759. The molecule has 2 nitrogen and oxygen atoms in total. The summed E-state index contributed by atoms with van der Waals surface area (Å²) in [6.45, 7) is 1.69. The van der Waals surface area contributed by atoms with Crippen molar-refractivity contribution < 1.29 is 8.81 Å². The highest BCUT2D eigenvalue weighted by atomic mass is 79.9. The van der Waals surface area contributed by atoms with Crippen LogP contribution < -0.4 is 0 Å². The van der Waals surface area contributed by atoms with Gasteiger partial charge in [-0.2, -0.15) is 0 Å². The topological polar surface area (TPSA) is 26.0 Å². The second kappa shape index (κ2) is 2.55. The fraction of sp³-hybridized carbons (Fsp3) is 0.125. The van der Waals surface area contributed by atoms with Gasteiger partial charge in [0.2, 0.25) is 0 Å². The Bertz CT molecular complexity index is 438. The van der Waals surface area contributed by atoms with Crippen LogP contribution in [0, 0.1) is 12.7 Å². The van der Waals surface area contributed by atoms with Crippen LogP contribution in [0.15, 0.2) is 21.0 Å². The van der Waals surface area contributed by atoms with E-state index in [9.17, 15) is 4.39 Å². The predicted octanol–water partition coefficient (Wildman–Crippen LogP) is 3.04. The molecule has 1 heterocycles. The van der Waals surface area contributed by atoms with Gasteiger partial charge in [-0.25, -0.2) is 9.37 Å². The van der Waals surface area contributed by atoms with E-state index in [-0.39, 0.29) is 11.4 Å². The van der Waals surface area contributed by atoms with E-state index >= 15 is 0 Å². The van der Waals surface area contributed by atoms with Gasteiger partial charge in [-0.15, -0.1) is 0 Å². The van der Waals surface area contributed by atoms with Gasteiger partial charge in [-0.1, -0.05) is 15.9 Å². The largest absolute Gasteiger partial charge is 0.438 e. The van der Waals surface area contributed by atoms with Gasteiger partial charge in [-0.05, 0) is 12.1 Å². The summed E-state index contributed by atoms with van der Waals surface area (Å²) < 4.78 is 18.8. The first-order valence-corrected chi connectivity index (χ1v) is 4.18. The van der Waals surface area contributed by atoms with Crippen molar-refractivity contribution in [1.29, 1.82) is 0 Å². The van der Waals surface area contributed by atoms with Crippen molar-refractivity contribution in [3.8, 4) is 0 Å². The molecule has 12 heavy (non-hydrogen) atoms. The molecular weight excluding hydrogens is 225 g/mol. The van der Waals surface area contributed by atoms with E-state index in [4.69, 9.17) is 4.42 Å². The molecule has 0 amide bonds. The number of benzene rings is 1. The molecule has 0 saturated heterocycles. The van der Waals surface area contributed by atoms with Gasteiger partial charge < -0.3 is 4.42 Å². The number of halogens is 2. The summed E-state index contributed by atoms with van der Waals surface area (Å²) in [5, 5.41) is 0. The molecule has 0 aliphatic carbocycles. The van der Waals surface area contributed by atoms with Crippen LogP contribution in [0.1, 0.15) is 5.89 Å². The molecule has 0 aliphatic heterocycles. The van der Waals surface area contributed by atoms with Crippen molar-refractivity contribution in [2.24, 2.45) is 0 Å². The highest BCUT2D eigenvalue weighted by Gasteiger charge is 2.08. The third kappa shape index (κ3) is 1.12. The Morgan fingerprint density at radius 3 is 3.00 bits per heavy atom. The molecule has 2 aromatic rings. The first-order chi connectivity index (χ1) is 5.66. The summed E-state index contributed by atoms with van der Waals surface area (Å²) >= 11 is 3.17. The number of hydrogen-bond donors (Lipinski definition) is 0. The van der Waals surface area contributed by atoms with Crippen LogP contribution in [-0.2, 0) is 0 Å². The van der Waals surface area contributed by atoms with Crippen molar-refractivity contribution in [3.05, 3.63) is 28.3 Å². The monoisotopic (exact) mass is 229 g/mol. The van der Waals surface area contributed by atoms with Gasteiger partial charge in [-0.3, -0.25) is 0 Å². The quantitative estimate of drug-likeness (QED) is 0.695. The first-order valence-electron chi connectivity index (χ1n) is 3.39. The van der Waals surface area contributed by atoms with Crippen LogP contribution in [0.25, 0.3) is 11.1 Å². The molecule has 2 rings (SSSR count). The van der Waals surface area contributed by atoms with Crippen molar-refractivity contribution in [2.75, 3.05) is 0 Å². The zero-order chi connectivity index (χ0) is 8.72. The summed E-state index contributed by atoms with van der Waals surface area (Å²) in [5.74, 6) is 0.0852. The molecule has 0 N–H and O–H groups in total. The smallest absolute Gasteiger partial charge is 0.192 e. The minimum absolute atomic E-state index is 0.218.